The van der Waals surface area contributed by atoms with Crippen LogP contribution in [0.3, 0.4) is 0 Å². The Labute approximate surface area is 121 Å². The predicted octanol–water partition coefficient (Wildman–Crippen LogP) is 4.81. The number of hydrogen-bond acceptors (Lipinski definition) is 2. The Morgan fingerprint density at radius 3 is 2.84 bits per heavy atom. The van der Waals surface area contributed by atoms with Crippen LogP contribution in [0.4, 0.5) is 4.39 Å². The molecular formula is C15H17BrFNO. The van der Waals surface area contributed by atoms with Gasteiger partial charge in [-0.25, -0.2) is 4.39 Å². The highest BCUT2D eigenvalue weighted by Crippen LogP contribution is 2.34. The zero-order valence-electron chi connectivity index (χ0n) is 11.0. The second-order valence-corrected chi connectivity index (χ2v) is 5.75. The molecular weight excluding hydrogens is 309 g/mol. The van der Waals surface area contributed by atoms with Gasteiger partial charge >= 0.3 is 0 Å². The van der Waals surface area contributed by atoms with Gasteiger partial charge in [0.25, 0.3) is 0 Å². The largest absolute Gasteiger partial charge is 0.487 e. The lowest BCUT2D eigenvalue weighted by atomic mass is 9.85. The van der Waals surface area contributed by atoms with Gasteiger partial charge in [-0.1, -0.05) is 13.3 Å². The Bertz CT molecular complexity index is 498. The van der Waals surface area contributed by atoms with Crippen molar-refractivity contribution >= 4 is 15.9 Å². The van der Waals surface area contributed by atoms with Crippen LogP contribution in [-0.4, -0.2) is 6.10 Å². The van der Waals surface area contributed by atoms with E-state index < -0.39 is 5.82 Å². The first-order chi connectivity index (χ1) is 9.17. The van der Waals surface area contributed by atoms with Crippen molar-refractivity contribution in [2.75, 3.05) is 0 Å². The van der Waals surface area contributed by atoms with Gasteiger partial charge < -0.3 is 4.74 Å². The van der Waals surface area contributed by atoms with E-state index >= 15 is 0 Å². The standard InChI is InChI=1S/C15H17BrFNO/c1-2-10-5-3-4-6-12(10)19-13-8-7-11(9-18)14(16)15(13)17/h7-8,10,12H,2-6H2,1H3. The molecule has 1 aliphatic carbocycles. The van der Waals surface area contributed by atoms with E-state index in [0.717, 1.165) is 25.7 Å². The van der Waals surface area contributed by atoms with Crippen molar-refractivity contribution in [3.05, 3.63) is 28.0 Å². The number of hydrogen-bond donors (Lipinski definition) is 0. The summed E-state index contributed by atoms with van der Waals surface area (Å²) < 4.78 is 20.2. The van der Waals surface area contributed by atoms with Crippen LogP contribution in [0.5, 0.6) is 5.75 Å². The first-order valence-corrected chi connectivity index (χ1v) is 7.51. The van der Waals surface area contributed by atoms with Gasteiger partial charge in [0, 0.05) is 0 Å². The van der Waals surface area contributed by atoms with E-state index in [-0.39, 0.29) is 16.3 Å². The average Bonchev–Trinajstić information content (AvgIpc) is 2.45. The number of ether oxygens (including phenoxy) is 1. The van der Waals surface area contributed by atoms with Gasteiger partial charge in [0.1, 0.15) is 12.2 Å². The Hall–Kier alpha value is -1.08. The van der Waals surface area contributed by atoms with E-state index in [1.807, 2.05) is 6.07 Å². The number of nitriles is 1. The lowest BCUT2D eigenvalue weighted by Crippen LogP contribution is -2.30. The maximum atomic E-state index is 14.1. The molecule has 0 saturated heterocycles. The molecule has 102 valence electrons. The molecule has 1 saturated carbocycles. The molecule has 0 heterocycles. The minimum absolute atomic E-state index is 0.0908. The predicted molar refractivity (Wildman–Crippen MR) is 75.5 cm³/mol. The SMILES string of the molecule is CCC1CCCCC1Oc1ccc(C#N)c(Br)c1F. The van der Waals surface area contributed by atoms with Gasteiger partial charge in [-0.2, -0.15) is 5.26 Å². The highest BCUT2D eigenvalue weighted by molar-refractivity contribution is 9.10. The normalized spacial score (nSPS) is 22.8. The van der Waals surface area contributed by atoms with Gasteiger partial charge in [0.2, 0.25) is 0 Å². The van der Waals surface area contributed by atoms with Crippen molar-refractivity contribution in [1.82, 2.24) is 0 Å². The van der Waals surface area contributed by atoms with Crippen LogP contribution in [0.1, 0.15) is 44.6 Å². The quantitative estimate of drug-likeness (QED) is 0.799. The summed E-state index contributed by atoms with van der Waals surface area (Å²) in [6.45, 7) is 2.15. The van der Waals surface area contributed by atoms with E-state index in [4.69, 9.17) is 10.00 Å². The smallest absolute Gasteiger partial charge is 0.180 e. The Morgan fingerprint density at radius 1 is 1.42 bits per heavy atom. The molecule has 0 amide bonds. The minimum atomic E-state index is -0.473. The fraction of sp³-hybridized carbons (Fsp3) is 0.533. The molecule has 2 rings (SSSR count). The second kappa shape index (κ2) is 6.38. The summed E-state index contributed by atoms with van der Waals surface area (Å²) >= 11 is 3.11. The lowest BCUT2D eigenvalue weighted by Gasteiger charge is -2.31. The van der Waals surface area contributed by atoms with E-state index in [1.54, 1.807) is 12.1 Å². The molecule has 0 N–H and O–H groups in total. The third kappa shape index (κ3) is 3.09. The van der Waals surface area contributed by atoms with Crippen LogP contribution in [-0.2, 0) is 0 Å². The van der Waals surface area contributed by atoms with Crippen LogP contribution in [0.15, 0.2) is 16.6 Å². The second-order valence-electron chi connectivity index (χ2n) is 4.96. The van der Waals surface area contributed by atoms with Crippen LogP contribution in [0.2, 0.25) is 0 Å². The van der Waals surface area contributed by atoms with Gasteiger partial charge in [0.15, 0.2) is 11.6 Å². The number of nitrogens with zero attached hydrogens (tertiary/aromatic N) is 1. The molecule has 0 radical (unpaired) electrons. The summed E-state index contributed by atoms with van der Waals surface area (Å²) in [5, 5.41) is 8.85. The van der Waals surface area contributed by atoms with Crippen molar-refractivity contribution in [1.29, 1.82) is 5.26 Å². The molecule has 1 aromatic carbocycles. The van der Waals surface area contributed by atoms with Crippen molar-refractivity contribution < 1.29 is 9.13 Å². The molecule has 2 nitrogen and oxygen atoms in total. The molecule has 4 heteroatoms. The molecule has 0 aromatic heterocycles. The van der Waals surface area contributed by atoms with Gasteiger partial charge in [-0.3, -0.25) is 0 Å². The fourth-order valence-electron chi connectivity index (χ4n) is 2.67. The number of benzene rings is 1. The highest BCUT2D eigenvalue weighted by Gasteiger charge is 2.26. The Balaban J connectivity index is 2.19. The highest BCUT2D eigenvalue weighted by atomic mass is 79.9. The average molecular weight is 326 g/mol. The Morgan fingerprint density at radius 2 is 2.16 bits per heavy atom. The number of rotatable bonds is 3. The molecule has 1 aromatic rings. The molecule has 0 aliphatic heterocycles. The topological polar surface area (TPSA) is 33.0 Å². The minimum Gasteiger partial charge on any atom is -0.487 e. The van der Waals surface area contributed by atoms with E-state index in [9.17, 15) is 4.39 Å². The maximum absolute atomic E-state index is 14.1. The summed E-state index contributed by atoms with van der Waals surface area (Å²) in [5.41, 5.74) is 0.292. The Kier molecular flexibility index (Phi) is 4.81. The zero-order valence-corrected chi connectivity index (χ0v) is 12.5. The summed E-state index contributed by atoms with van der Waals surface area (Å²) in [6, 6.07) is 5.09. The number of halogens is 2. The molecule has 1 aliphatic rings. The monoisotopic (exact) mass is 325 g/mol. The van der Waals surface area contributed by atoms with Crippen molar-refractivity contribution in [3.8, 4) is 11.8 Å². The summed E-state index contributed by atoms with van der Waals surface area (Å²) in [7, 11) is 0. The summed E-state index contributed by atoms with van der Waals surface area (Å²) in [6.07, 6.45) is 5.66. The van der Waals surface area contributed by atoms with Gasteiger partial charge in [-0.05, 0) is 59.7 Å². The van der Waals surface area contributed by atoms with Crippen LogP contribution in [0, 0.1) is 23.1 Å². The summed E-state index contributed by atoms with van der Waals surface area (Å²) in [5.74, 6) is 0.276. The van der Waals surface area contributed by atoms with E-state index in [0.29, 0.717) is 11.5 Å². The van der Waals surface area contributed by atoms with E-state index in [2.05, 4.69) is 22.9 Å². The first-order valence-electron chi connectivity index (χ1n) is 6.72. The first kappa shape index (κ1) is 14.3. The van der Waals surface area contributed by atoms with E-state index in [1.165, 1.54) is 6.42 Å². The zero-order chi connectivity index (χ0) is 13.8. The van der Waals surface area contributed by atoms with Crippen molar-refractivity contribution in [2.24, 2.45) is 5.92 Å². The lowest BCUT2D eigenvalue weighted by molar-refractivity contribution is 0.0861. The fourth-order valence-corrected chi connectivity index (χ4v) is 3.08. The van der Waals surface area contributed by atoms with Crippen molar-refractivity contribution in [3.63, 3.8) is 0 Å². The van der Waals surface area contributed by atoms with Crippen LogP contribution in [0.25, 0.3) is 0 Å². The van der Waals surface area contributed by atoms with Gasteiger partial charge in [0.05, 0.1) is 10.0 Å². The molecule has 2 unspecified atom stereocenters. The van der Waals surface area contributed by atoms with Gasteiger partial charge in [-0.15, -0.1) is 0 Å². The maximum Gasteiger partial charge on any atom is 0.180 e. The third-order valence-electron chi connectivity index (χ3n) is 3.81. The third-order valence-corrected chi connectivity index (χ3v) is 4.58. The summed E-state index contributed by atoms with van der Waals surface area (Å²) in [4.78, 5) is 0. The molecule has 19 heavy (non-hydrogen) atoms. The molecule has 2 atom stereocenters. The molecule has 1 fully saturated rings. The van der Waals surface area contributed by atoms with Crippen LogP contribution < -0.4 is 4.74 Å². The molecule has 0 bridgehead atoms. The molecule has 0 spiro atoms. The van der Waals surface area contributed by atoms with Crippen molar-refractivity contribution in [2.45, 2.75) is 45.1 Å². The van der Waals surface area contributed by atoms with Crippen LogP contribution >= 0.6 is 15.9 Å².